The molecular weight excluding hydrogens is 530 g/mol. The first-order valence-electron chi connectivity index (χ1n) is 14.9. The van der Waals surface area contributed by atoms with Crippen LogP contribution in [0.2, 0.25) is 0 Å². The monoisotopic (exact) mass is 579 g/mol. The van der Waals surface area contributed by atoms with Gasteiger partial charge < -0.3 is 30.5 Å². The minimum absolute atomic E-state index is 0.0405. The van der Waals surface area contributed by atoms with Gasteiger partial charge in [0.15, 0.2) is 6.10 Å². The predicted molar refractivity (Wildman–Crippen MR) is 152 cm³/mol. The smallest absolute Gasteiger partial charge is 0.308 e. The van der Waals surface area contributed by atoms with Gasteiger partial charge in [-0.15, -0.1) is 0 Å². The Hall–Kier alpha value is -3.18. The molecule has 0 aromatic heterocycles. The van der Waals surface area contributed by atoms with Gasteiger partial charge in [0.1, 0.15) is 24.2 Å². The van der Waals surface area contributed by atoms with Crippen LogP contribution in [0.5, 0.6) is 0 Å². The number of fused-ring (bicyclic) bond motifs is 1. The van der Waals surface area contributed by atoms with E-state index in [1.165, 1.54) is 16.8 Å². The molecule has 2 heterocycles. The zero-order valence-electron chi connectivity index (χ0n) is 25.8. The molecule has 12 heteroatoms. The summed E-state index contributed by atoms with van der Waals surface area (Å²) in [7, 11) is 1.48. The van der Waals surface area contributed by atoms with E-state index in [2.05, 4.69) is 16.0 Å². The number of nitrogens with zero attached hydrogens (tertiary/aromatic N) is 2. The minimum Gasteiger partial charge on any atom is -0.452 e. The molecule has 0 spiro atoms. The number of hydrogen-bond acceptors (Lipinski definition) is 7. The minimum atomic E-state index is -1.08. The van der Waals surface area contributed by atoms with Gasteiger partial charge in [-0.25, -0.2) is 0 Å². The van der Waals surface area contributed by atoms with Gasteiger partial charge in [-0.05, 0) is 38.0 Å². The molecule has 0 bridgehead atoms. The van der Waals surface area contributed by atoms with Crippen molar-refractivity contribution >= 4 is 35.5 Å². The number of cyclic esters (lactones) is 1. The molecule has 12 nitrogen and oxygen atoms in total. The first-order valence-corrected chi connectivity index (χ1v) is 14.9. The molecule has 0 radical (unpaired) electrons. The van der Waals surface area contributed by atoms with Gasteiger partial charge in [-0.3, -0.25) is 28.8 Å². The van der Waals surface area contributed by atoms with Crippen LogP contribution in [0.3, 0.4) is 0 Å². The molecule has 2 aliphatic rings. The second-order valence-corrected chi connectivity index (χ2v) is 11.8. The molecule has 5 amide bonds. The second-order valence-electron chi connectivity index (χ2n) is 11.8. The number of hydrogen-bond donors (Lipinski definition) is 3. The number of amides is 5. The lowest BCUT2D eigenvalue weighted by Crippen LogP contribution is -2.60. The number of rotatable bonds is 5. The van der Waals surface area contributed by atoms with Gasteiger partial charge in [-0.1, -0.05) is 48.0 Å². The highest BCUT2D eigenvalue weighted by Gasteiger charge is 2.42. The molecule has 7 unspecified atom stereocenters. The van der Waals surface area contributed by atoms with Crippen LogP contribution in [-0.2, 0) is 33.5 Å². The summed E-state index contributed by atoms with van der Waals surface area (Å²) in [5, 5.41) is 8.32. The average molecular weight is 580 g/mol. The maximum absolute atomic E-state index is 13.7. The summed E-state index contributed by atoms with van der Waals surface area (Å²) >= 11 is 0. The van der Waals surface area contributed by atoms with Crippen LogP contribution in [0.15, 0.2) is 0 Å². The summed E-state index contributed by atoms with van der Waals surface area (Å²) < 4.78 is 5.62. The Morgan fingerprint density at radius 1 is 0.854 bits per heavy atom. The molecule has 3 N–H and O–H groups in total. The molecule has 232 valence electrons. The molecule has 2 saturated heterocycles. The molecule has 7 atom stereocenters. The van der Waals surface area contributed by atoms with Gasteiger partial charge in [0.2, 0.25) is 23.6 Å². The van der Waals surface area contributed by atoms with Crippen molar-refractivity contribution in [3.05, 3.63) is 0 Å². The van der Waals surface area contributed by atoms with Crippen molar-refractivity contribution in [2.75, 3.05) is 20.1 Å². The predicted octanol–water partition coefficient (Wildman–Crippen LogP) is 0.974. The maximum Gasteiger partial charge on any atom is 0.308 e. The molecule has 0 aromatic rings. The molecule has 2 rings (SSSR count). The molecule has 0 aliphatic carbocycles. The highest BCUT2D eigenvalue weighted by Crippen LogP contribution is 2.24. The fourth-order valence-corrected chi connectivity index (χ4v) is 5.02. The lowest BCUT2D eigenvalue weighted by atomic mass is 9.95. The first kappa shape index (κ1) is 34.0. The molecule has 0 aromatic carbocycles. The summed E-state index contributed by atoms with van der Waals surface area (Å²) in [5.41, 5.74) is 0. The highest BCUT2D eigenvalue weighted by atomic mass is 16.5. The molecule has 2 fully saturated rings. The third-order valence-corrected chi connectivity index (χ3v) is 8.46. The zero-order chi connectivity index (χ0) is 31.0. The van der Waals surface area contributed by atoms with Gasteiger partial charge >= 0.3 is 5.97 Å². The Balaban J connectivity index is 2.49. The topological polar surface area (TPSA) is 154 Å². The van der Waals surface area contributed by atoms with Crippen LogP contribution < -0.4 is 16.0 Å². The lowest BCUT2D eigenvalue weighted by Gasteiger charge is -2.33. The molecule has 41 heavy (non-hydrogen) atoms. The van der Waals surface area contributed by atoms with Crippen molar-refractivity contribution in [3.63, 3.8) is 0 Å². The third-order valence-electron chi connectivity index (χ3n) is 8.46. The molecule has 2 aliphatic heterocycles. The van der Waals surface area contributed by atoms with Gasteiger partial charge in [0.05, 0.1) is 6.42 Å². The molecule has 0 saturated carbocycles. The number of likely N-dealkylation sites (N-methyl/N-ethyl adjacent to an activating group) is 1. The van der Waals surface area contributed by atoms with E-state index in [1.54, 1.807) is 27.7 Å². The van der Waals surface area contributed by atoms with E-state index in [0.29, 0.717) is 32.2 Å². The normalized spacial score (nSPS) is 29.4. The Morgan fingerprint density at radius 3 is 2.05 bits per heavy atom. The van der Waals surface area contributed by atoms with Gasteiger partial charge in [0.25, 0.3) is 5.91 Å². The SMILES string of the molecule is CCC(C)C1NC(=O)C2CCCN2C(=O)C(C(C)CC)OC(=O)CCNC(=O)C(C)N(C)C(=O)C(C(C)C)NC1=O. The summed E-state index contributed by atoms with van der Waals surface area (Å²) in [6.07, 6.45) is 0.899. The van der Waals surface area contributed by atoms with Crippen LogP contribution in [-0.4, -0.2) is 95.7 Å². The summed E-state index contributed by atoms with van der Waals surface area (Å²) in [6.45, 7) is 12.8. The Labute approximate surface area is 243 Å². The number of ether oxygens (including phenoxy) is 1. The van der Waals surface area contributed by atoms with Crippen molar-refractivity contribution in [3.8, 4) is 0 Å². The van der Waals surface area contributed by atoms with Crippen molar-refractivity contribution in [1.82, 2.24) is 25.8 Å². The van der Waals surface area contributed by atoms with E-state index in [0.717, 1.165) is 0 Å². The standard InChI is InChI=1S/C29H49N5O7/c1-9-17(5)23-27(38)31-22(16(3)4)28(39)33(8)19(7)25(36)30-14-13-21(35)41-24(18(6)10-2)29(40)34-15-11-12-20(34)26(37)32-23/h16-20,22-24H,9-15H2,1-8H3,(H,30,36)(H,31,38)(H,32,37). The van der Waals surface area contributed by atoms with Crippen molar-refractivity contribution in [1.29, 1.82) is 0 Å². The summed E-state index contributed by atoms with van der Waals surface area (Å²) in [4.78, 5) is 82.5. The van der Waals surface area contributed by atoms with Crippen LogP contribution in [0, 0.1) is 17.8 Å². The largest absolute Gasteiger partial charge is 0.452 e. The van der Waals surface area contributed by atoms with E-state index in [4.69, 9.17) is 4.74 Å². The van der Waals surface area contributed by atoms with Gasteiger partial charge in [-0.2, -0.15) is 0 Å². The third kappa shape index (κ3) is 8.42. The zero-order valence-corrected chi connectivity index (χ0v) is 25.8. The lowest BCUT2D eigenvalue weighted by molar-refractivity contribution is -0.165. The van der Waals surface area contributed by atoms with E-state index in [1.807, 2.05) is 20.8 Å². The number of carbonyl (C=O) groups excluding carboxylic acids is 6. The Morgan fingerprint density at radius 2 is 1.46 bits per heavy atom. The van der Waals surface area contributed by atoms with Crippen LogP contribution in [0.1, 0.15) is 80.6 Å². The molecular formula is C29H49N5O7. The van der Waals surface area contributed by atoms with E-state index < -0.39 is 65.8 Å². The van der Waals surface area contributed by atoms with Gasteiger partial charge in [0, 0.05) is 26.1 Å². The first-order chi connectivity index (χ1) is 19.2. The van der Waals surface area contributed by atoms with Crippen molar-refractivity contribution in [2.24, 2.45) is 17.8 Å². The Kier molecular flexibility index (Phi) is 12.6. The van der Waals surface area contributed by atoms with Crippen LogP contribution >= 0.6 is 0 Å². The summed E-state index contributed by atoms with van der Waals surface area (Å²) in [6, 6.07) is -3.59. The number of nitrogens with one attached hydrogen (secondary N) is 3. The van der Waals surface area contributed by atoms with E-state index >= 15 is 0 Å². The van der Waals surface area contributed by atoms with Crippen molar-refractivity contribution in [2.45, 2.75) is 111 Å². The summed E-state index contributed by atoms with van der Waals surface area (Å²) in [5.74, 6) is -3.86. The van der Waals surface area contributed by atoms with Crippen LogP contribution in [0.4, 0.5) is 0 Å². The van der Waals surface area contributed by atoms with E-state index in [-0.39, 0.29) is 30.7 Å². The second kappa shape index (κ2) is 15.2. The Bertz CT molecular complexity index is 987. The quantitative estimate of drug-likeness (QED) is 0.410. The fraction of sp³-hybridized carbons (Fsp3) is 0.793. The van der Waals surface area contributed by atoms with E-state index in [9.17, 15) is 28.8 Å². The maximum atomic E-state index is 13.7. The van der Waals surface area contributed by atoms with Crippen molar-refractivity contribution < 1.29 is 33.5 Å². The van der Waals surface area contributed by atoms with Crippen LogP contribution in [0.25, 0.3) is 0 Å². The average Bonchev–Trinajstić information content (AvgIpc) is 3.44. The fourth-order valence-electron chi connectivity index (χ4n) is 5.02. The number of esters is 1. The number of carbonyl (C=O) groups is 6. The highest BCUT2D eigenvalue weighted by molar-refractivity contribution is 5.96.